The number of rotatable bonds is 5. The van der Waals surface area contributed by atoms with Gasteiger partial charge in [0.1, 0.15) is 6.33 Å². The maximum Gasteiger partial charge on any atom is 0.269 e. The van der Waals surface area contributed by atoms with Crippen LogP contribution in [0.3, 0.4) is 0 Å². The number of hydrogen-bond acceptors (Lipinski definition) is 7. The third-order valence-electron chi connectivity index (χ3n) is 2.69. The van der Waals surface area contributed by atoms with Crippen LogP contribution in [0.5, 0.6) is 5.88 Å². The molecule has 21 heavy (non-hydrogen) atoms. The minimum absolute atomic E-state index is 0.0417. The monoisotopic (exact) mass is 287 g/mol. The molecule has 8 heteroatoms. The lowest BCUT2D eigenvalue weighted by molar-refractivity contribution is -0.384. The summed E-state index contributed by atoms with van der Waals surface area (Å²) in [6, 6.07) is 7.75. The van der Waals surface area contributed by atoms with Gasteiger partial charge in [0, 0.05) is 18.2 Å². The topological polar surface area (TPSA) is 103 Å². The van der Waals surface area contributed by atoms with Gasteiger partial charge in [-0.25, -0.2) is 9.97 Å². The highest BCUT2D eigenvalue weighted by atomic mass is 16.6. The number of aromatic nitrogens is 2. The molecule has 0 aliphatic heterocycles. The van der Waals surface area contributed by atoms with Gasteiger partial charge in [0.2, 0.25) is 5.88 Å². The molecule has 0 aliphatic carbocycles. The zero-order valence-corrected chi connectivity index (χ0v) is 11.5. The van der Waals surface area contributed by atoms with Gasteiger partial charge in [-0.2, -0.15) is 5.10 Å². The van der Waals surface area contributed by atoms with E-state index < -0.39 is 4.92 Å². The number of nitrogens with zero attached hydrogens (tertiary/aromatic N) is 4. The molecule has 8 nitrogen and oxygen atoms in total. The number of hydrazone groups is 1. The van der Waals surface area contributed by atoms with Crippen molar-refractivity contribution < 1.29 is 9.66 Å². The summed E-state index contributed by atoms with van der Waals surface area (Å²) in [5, 5.41) is 14.8. The van der Waals surface area contributed by atoms with E-state index in [1.54, 1.807) is 25.1 Å². The van der Waals surface area contributed by atoms with Gasteiger partial charge in [0.25, 0.3) is 5.69 Å². The molecule has 0 saturated heterocycles. The summed E-state index contributed by atoms with van der Waals surface area (Å²) in [7, 11) is 1.51. The Hall–Kier alpha value is -3.03. The summed E-state index contributed by atoms with van der Waals surface area (Å²) in [5.74, 6) is 0.916. The molecule has 0 bridgehead atoms. The van der Waals surface area contributed by atoms with Crippen molar-refractivity contribution in [3.8, 4) is 5.88 Å². The number of methoxy groups -OCH3 is 1. The smallest absolute Gasteiger partial charge is 0.269 e. The van der Waals surface area contributed by atoms with Crippen LogP contribution in [0.4, 0.5) is 11.5 Å². The average Bonchev–Trinajstić information content (AvgIpc) is 2.53. The zero-order chi connectivity index (χ0) is 15.2. The van der Waals surface area contributed by atoms with Crippen LogP contribution in [0, 0.1) is 10.1 Å². The number of non-ortho nitro benzene ring substituents is 1. The Kier molecular flexibility index (Phi) is 4.39. The SMILES string of the molecule is COc1cc(N/N=C(/C)c2ccc([N+](=O)[O-])cc2)ncn1. The number of ether oxygens (including phenoxy) is 1. The Balaban J connectivity index is 2.11. The van der Waals surface area contributed by atoms with Crippen molar-refractivity contribution in [3.05, 3.63) is 52.3 Å². The Bertz CT molecular complexity index is 670. The number of nitro benzene ring substituents is 1. The van der Waals surface area contributed by atoms with E-state index in [-0.39, 0.29) is 5.69 Å². The Morgan fingerprint density at radius 2 is 2.05 bits per heavy atom. The lowest BCUT2D eigenvalue weighted by Gasteiger charge is -2.04. The molecule has 0 spiro atoms. The quantitative estimate of drug-likeness (QED) is 0.514. The first-order chi connectivity index (χ1) is 10.1. The Labute approximate surface area is 120 Å². The molecule has 0 radical (unpaired) electrons. The highest BCUT2D eigenvalue weighted by molar-refractivity contribution is 5.99. The summed E-state index contributed by atoms with van der Waals surface area (Å²) < 4.78 is 4.98. The van der Waals surface area contributed by atoms with Gasteiger partial charge in [0.05, 0.1) is 17.7 Å². The van der Waals surface area contributed by atoms with Gasteiger partial charge in [-0.1, -0.05) is 0 Å². The van der Waals surface area contributed by atoms with Gasteiger partial charge in [-0.3, -0.25) is 15.5 Å². The summed E-state index contributed by atoms with van der Waals surface area (Å²) in [4.78, 5) is 18.0. The number of benzene rings is 1. The minimum Gasteiger partial charge on any atom is -0.481 e. The van der Waals surface area contributed by atoms with Crippen LogP contribution in [-0.4, -0.2) is 27.7 Å². The first kappa shape index (κ1) is 14.4. The highest BCUT2D eigenvalue weighted by Crippen LogP contribution is 2.13. The highest BCUT2D eigenvalue weighted by Gasteiger charge is 2.05. The number of nitrogens with one attached hydrogen (secondary N) is 1. The maximum atomic E-state index is 10.6. The van der Waals surface area contributed by atoms with Gasteiger partial charge in [-0.15, -0.1) is 0 Å². The van der Waals surface area contributed by atoms with E-state index >= 15 is 0 Å². The molecule has 2 rings (SSSR count). The number of anilines is 1. The van der Waals surface area contributed by atoms with Gasteiger partial charge in [-0.05, 0) is 24.6 Å². The molecule has 0 atom stereocenters. The lowest BCUT2D eigenvalue weighted by Crippen LogP contribution is -2.01. The molecule has 0 unspecified atom stereocenters. The Morgan fingerprint density at radius 3 is 2.67 bits per heavy atom. The van der Waals surface area contributed by atoms with Crippen LogP contribution in [0.15, 0.2) is 41.8 Å². The van der Waals surface area contributed by atoms with Crippen molar-refractivity contribution in [1.82, 2.24) is 9.97 Å². The summed E-state index contributed by atoms with van der Waals surface area (Å²) in [5.41, 5.74) is 4.26. The first-order valence-corrected chi connectivity index (χ1v) is 6.01. The second-order valence-electron chi connectivity index (χ2n) is 4.06. The van der Waals surface area contributed by atoms with Crippen LogP contribution in [-0.2, 0) is 0 Å². The molecular weight excluding hydrogens is 274 g/mol. The number of nitro groups is 1. The molecule has 0 fully saturated rings. The standard InChI is InChI=1S/C13H13N5O3/c1-9(10-3-5-11(6-4-10)18(19)20)16-17-12-7-13(21-2)15-8-14-12/h3-8H,1-2H3,(H,14,15,17)/b16-9-. The normalized spacial score (nSPS) is 11.0. The predicted octanol–water partition coefficient (Wildman–Crippen LogP) is 2.23. The van der Waals surface area contributed by atoms with Crippen molar-refractivity contribution in [1.29, 1.82) is 0 Å². The third kappa shape index (κ3) is 3.72. The minimum atomic E-state index is -0.443. The fourth-order valence-electron chi connectivity index (χ4n) is 1.54. The van der Waals surface area contributed by atoms with Crippen molar-refractivity contribution in [2.75, 3.05) is 12.5 Å². The Morgan fingerprint density at radius 1 is 1.33 bits per heavy atom. The van der Waals surface area contributed by atoms with E-state index in [9.17, 15) is 10.1 Å². The predicted molar refractivity (Wildman–Crippen MR) is 77.5 cm³/mol. The van der Waals surface area contributed by atoms with Gasteiger partial charge < -0.3 is 4.74 Å². The summed E-state index contributed by atoms with van der Waals surface area (Å²) in [6.07, 6.45) is 1.36. The van der Waals surface area contributed by atoms with E-state index in [0.29, 0.717) is 17.4 Å². The van der Waals surface area contributed by atoms with Crippen molar-refractivity contribution in [2.24, 2.45) is 5.10 Å². The molecule has 1 heterocycles. The van der Waals surface area contributed by atoms with Crippen LogP contribution in [0.2, 0.25) is 0 Å². The summed E-state index contributed by atoms with van der Waals surface area (Å²) in [6.45, 7) is 1.78. The van der Waals surface area contributed by atoms with Crippen LogP contribution in [0.25, 0.3) is 0 Å². The first-order valence-electron chi connectivity index (χ1n) is 6.01. The van der Waals surface area contributed by atoms with Gasteiger partial charge >= 0.3 is 0 Å². The van der Waals surface area contributed by atoms with Crippen molar-refractivity contribution in [2.45, 2.75) is 6.92 Å². The second-order valence-corrected chi connectivity index (χ2v) is 4.06. The number of hydrogen-bond donors (Lipinski definition) is 1. The van der Waals surface area contributed by atoms with E-state index in [4.69, 9.17) is 4.74 Å². The fraction of sp³-hybridized carbons (Fsp3) is 0.154. The lowest BCUT2D eigenvalue weighted by atomic mass is 10.1. The molecular formula is C13H13N5O3. The molecule has 1 N–H and O–H groups in total. The maximum absolute atomic E-state index is 10.6. The van der Waals surface area contributed by atoms with Crippen molar-refractivity contribution >= 4 is 17.2 Å². The molecule has 2 aromatic rings. The zero-order valence-electron chi connectivity index (χ0n) is 11.5. The molecule has 0 aliphatic rings. The largest absolute Gasteiger partial charge is 0.481 e. The molecule has 0 saturated carbocycles. The van der Waals surface area contributed by atoms with Crippen molar-refractivity contribution in [3.63, 3.8) is 0 Å². The molecule has 1 aromatic carbocycles. The fourth-order valence-corrected chi connectivity index (χ4v) is 1.54. The van der Waals surface area contributed by atoms with E-state index in [2.05, 4.69) is 20.5 Å². The van der Waals surface area contributed by atoms with E-state index in [1.807, 2.05) is 0 Å². The molecule has 1 aromatic heterocycles. The van der Waals surface area contributed by atoms with Crippen LogP contribution < -0.4 is 10.2 Å². The van der Waals surface area contributed by atoms with Crippen LogP contribution >= 0.6 is 0 Å². The average molecular weight is 287 g/mol. The second kappa shape index (κ2) is 6.42. The molecule has 0 amide bonds. The summed E-state index contributed by atoms with van der Waals surface area (Å²) >= 11 is 0. The van der Waals surface area contributed by atoms with Gasteiger partial charge in [0.15, 0.2) is 5.82 Å². The third-order valence-corrected chi connectivity index (χ3v) is 2.69. The van der Waals surface area contributed by atoms with E-state index in [1.165, 1.54) is 25.6 Å². The van der Waals surface area contributed by atoms with E-state index in [0.717, 1.165) is 5.56 Å². The molecule has 108 valence electrons. The van der Waals surface area contributed by atoms with Crippen LogP contribution in [0.1, 0.15) is 12.5 Å².